The normalized spacial score (nSPS) is 10.0. The van der Waals surface area contributed by atoms with Crippen molar-refractivity contribution in [2.45, 2.75) is 19.4 Å². The van der Waals surface area contributed by atoms with E-state index in [2.05, 4.69) is 0 Å². The molecule has 102 valence electrons. The van der Waals surface area contributed by atoms with Crippen molar-refractivity contribution in [3.63, 3.8) is 0 Å². The number of rotatable bonds is 6. The maximum Gasteiger partial charge on any atom is 0.255 e. The Morgan fingerprint density at radius 2 is 1.89 bits per heavy atom. The first kappa shape index (κ1) is 16.8. The molecule has 0 atom stereocenters. The number of amides is 1. The van der Waals surface area contributed by atoms with Crippen LogP contribution in [0, 0.1) is 0 Å². The minimum atomic E-state index is -2.53. The first-order valence-electron chi connectivity index (χ1n) is 5.43. The quantitative estimate of drug-likeness (QED) is 0.866. The summed E-state index contributed by atoms with van der Waals surface area (Å²) in [7, 11) is 0. The van der Waals surface area contributed by atoms with E-state index in [9.17, 15) is 13.6 Å². The molecule has 18 heavy (non-hydrogen) atoms. The van der Waals surface area contributed by atoms with Crippen molar-refractivity contribution >= 4 is 18.3 Å². The van der Waals surface area contributed by atoms with E-state index in [1.54, 1.807) is 12.1 Å². The van der Waals surface area contributed by atoms with Crippen molar-refractivity contribution < 1.29 is 13.6 Å². The summed E-state index contributed by atoms with van der Waals surface area (Å²) in [5.41, 5.74) is 6.09. The fourth-order valence-corrected chi connectivity index (χ4v) is 1.51. The van der Waals surface area contributed by atoms with Crippen LogP contribution < -0.4 is 5.73 Å². The molecule has 0 saturated heterocycles. The minimum absolute atomic E-state index is 0. The maximum absolute atomic E-state index is 12.4. The van der Waals surface area contributed by atoms with E-state index in [1.807, 2.05) is 18.2 Å². The summed E-state index contributed by atoms with van der Waals surface area (Å²) in [5.74, 6) is -0.336. The minimum Gasteiger partial charge on any atom is -0.333 e. The molecule has 0 bridgehead atoms. The molecule has 1 amide bonds. The van der Waals surface area contributed by atoms with Gasteiger partial charge in [0, 0.05) is 19.5 Å². The second-order valence-corrected chi connectivity index (χ2v) is 3.69. The van der Waals surface area contributed by atoms with E-state index in [1.165, 1.54) is 0 Å². The number of nitrogens with two attached hydrogens (primary N) is 1. The molecule has 0 unspecified atom stereocenters. The van der Waals surface area contributed by atoms with Gasteiger partial charge in [0.05, 0.1) is 6.54 Å². The lowest BCUT2D eigenvalue weighted by atomic mass is 10.2. The Kier molecular flexibility index (Phi) is 8.24. The van der Waals surface area contributed by atoms with Crippen LogP contribution >= 0.6 is 12.4 Å². The summed E-state index contributed by atoms with van der Waals surface area (Å²) in [4.78, 5) is 12.7. The van der Waals surface area contributed by atoms with Crippen molar-refractivity contribution in [2.24, 2.45) is 5.73 Å². The third kappa shape index (κ3) is 5.93. The molecule has 0 saturated carbocycles. The molecule has 0 aliphatic heterocycles. The molecule has 0 aliphatic rings. The van der Waals surface area contributed by atoms with Gasteiger partial charge >= 0.3 is 0 Å². The number of benzene rings is 1. The average Bonchev–Trinajstić information content (AvgIpc) is 2.29. The van der Waals surface area contributed by atoms with Gasteiger partial charge < -0.3 is 10.6 Å². The number of alkyl halides is 2. The Labute approximate surface area is 111 Å². The lowest BCUT2D eigenvalue weighted by Crippen LogP contribution is -2.35. The number of halogens is 3. The van der Waals surface area contributed by atoms with E-state index in [0.717, 1.165) is 10.5 Å². The Balaban J connectivity index is 0.00000289. The van der Waals surface area contributed by atoms with Crippen LogP contribution in [0.2, 0.25) is 0 Å². The van der Waals surface area contributed by atoms with E-state index >= 15 is 0 Å². The van der Waals surface area contributed by atoms with Crippen LogP contribution in [0.4, 0.5) is 8.78 Å². The Bertz CT molecular complexity index is 349. The van der Waals surface area contributed by atoms with Crippen molar-refractivity contribution in [1.29, 1.82) is 0 Å². The maximum atomic E-state index is 12.4. The van der Waals surface area contributed by atoms with Crippen LogP contribution in [-0.4, -0.2) is 30.3 Å². The number of hydrogen-bond donors (Lipinski definition) is 1. The third-order valence-corrected chi connectivity index (χ3v) is 2.29. The molecule has 0 fully saturated rings. The first-order chi connectivity index (χ1) is 8.13. The highest BCUT2D eigenvalue weighted by Gasteiger charge is 2.17. The standard InChI is InChI=1S/C12H16F2N2O.ClH/c13-11(14)9-16(12(17)6-7-15)8-10-4-2-1-3-5-10;/h1-5,11H,6-9,15H2;1H. The Morgan fingerprint density at radius 3 is 2.39 bits per heavy atom. The van der Waals surface area contributed by atoms with E-state index in [0.29, 0.717) is 0 Å². The Morgan fingerprint density at radius 1 is 1.28 bits per heavy atom. The molecule has 0 radical (unpaired) electrons. The van der Waals surface area contributed by atoms with Gasteiger partial charge in [-0.25, -0.2) is 8.78 Å². The van der Waals surface area contributed by atoms with Gasteiger partial charge in [-0.1, -0.05) is 30.3 Å². The van der Waals surface area contributed by atoms with Crippen LogP contribution in [0.1, 0.15) is 12.0 Å². The predicted molar refractivity (Wildman–Crippen MR) is 68.8 cm³/mol. The number of carbonyl (C=O) groups is 1. The zero-order valence-electron chi connectivity index (χ0n) is 9.89. The molecule has 1 aromatic carbocycles. The SMILES string of the molecule is Cl.NCCC(=O)N(Cc1ccccc1)CC(F)F. The zero-order chi connectivity index (χ0) is 12.7. The zero-order valence-corrected chi connectivity index (χ0v) is 10.7. The van der Waals surface area contributed by atoms with E-state index in [-0.39, 0.29) is 37.8 Å². The van der Waals surface area contributed by atoms with Crippen LogP contribution in [0.3, 0.4) is 0 Å². The summed E-state index contributed by atoms with van der Waals surface area (Å²) >= 11 is 0. The topological polar surface area (TPSA) is 46.3 Å². The van der Waals surface area contributed by atoms with Gasteiger partial charge in [0.25, 0.3) is 6.43 Å². The molecule has 0 aromatic heterocycles. The van der Waals surface area contributed by atoms with Crippen LogP contribution in [0.25, 0.3) is 0 Å². The first-order valence-corrected chi connectivity index (χ1v) is 5.43. The molecule has 0 aliphatic carbocycles. The lowest BCUT2D eigenvalue weighted by molar-refractivity contribution is -0.133. The van der Waals surface area contributed by atoms with Gasteiger partial charge in [-0.3, -0.25) is 4.79 Å². The number of carbonyl (C=O) groups excluding carboxylic acids is 1. The van der Waals surface area contributed by atoms with Gasteiger partial charge in [-0.2, -0.15) is 0 Å². The van der Waals surface area contributed by atoms with Crippen molar-refractivity contribution in [2.75, 3.05) is 13.1 Å². The summed E-state index contributed by atoms with van der Waals surface area (Å²) in [5, 5.41) is 0. The summed E-state index contributed by atoms with van der Waals surface area (Å²) in [6.07, 6.45) is -2.43. The van der Waals surface area contributed by atoms with Crippen LogP contribution in [0.15, 0.2) is 30.3 Å². The molecule has 3 nitrogen and oxygen atoms in total. The van der Waals surface area contributed by atoms with Gasteiger partial charge in [-0.05, 0) is 5.56 Å². The number of nitrogens with zero attached hydrogens (tertiary/aromatic N) is 1. The second kappa shape index (κ2) is 8.83. The highest BCUT2D eigenvalue weighted by atomic mass is 35.5. The smallest absolute Gasteiger partial charge is 0.255 e. The summed E-state index contributed by atoms with van der Waals surface area (Å²) in [6, 6.07) is 9.05. The summed E-state index contributed by atoms with van der Waals surface area (Å²) in [6.45, 7) is -0.175. The molecule has 0 spiro atoms. The van der Waals surface area contributed by atoms with Gasteiger partial charge in [0.1, 0.15) is 0 Å². The van der Waals surface area contributed by atoms with Crippen molar-refractivity contribution in [1.82, 2.24) is 4.90 Å². The second-order valence-electron chi connectivity index (χ2n) is 3.69. The highest BCUT2D eigenvalue weighted by molar-refractivity contribution is 5.85. The molecule has 1 rings (SSSR count). The number of hydrogen-bond acceptors (Lipinski definition) is 2. The molecule has 6 heteroatoms. The van der Waals surface area contributed by atoms with E-state index in [4.69, 9.17) is 5.73 Å². The van der Waals surface area contributed by atoms with Crippen LogP contribution in [-0.2, 0) is 11.3 Å². The van der Waals surface area contributed by atoms with Gasteiger partial charge in [0.2, 0.25) is 5.91 Å². The van der Waals surface area contributed by atoms with Gasteiger partial charge in [-0.15, -0.1) is 12.4 Å². The fourth-order valence-electron chi connectivity index (χ4n) is 1.51. The molecule has 2 N–H and O–H groups in total. The summed E-state index contributed by atoms with van der Waals surface area (Å²) < 4.78 is 24.7. The largest absolute Gasteiger partial charge is 0.333 e. The average molecular weight is 279 g/mol. The van der Waals surface area contributed by atoms with Crippen LogP contribution in [0.5, 0.6) is 0 Å². The van der Waals surface area contributed by atoms with Crippen molar-refractivity contribution in [3.8, 4) is 0 Å². The predicted octanol–water partition coefficient (Wildman–Crippen LogP) is 2.05. The molecular weight excluding hydrogens is 262 g/mol. The third-order valence-electron chi connectivity index (χ3n) is 2.29. The highest BCUT2D eigenvalue weighted by Crippen LogP contribution is 2.08. The molecule has 0 heterocycles. The fraction of sp³-hybridized carbons (Fsp3) is 0.417. The molecule has 1 aromatic rings. The van der Waals surface area contributed by atoms with E-state index < -0.39 is 13.0 Å². The molecular formula is C12H17ClF2N2O. The Hall–Kier alpha value is -1.20. The monoisotopic (exact) mass is 278 g/mol. The van der Waals surface area contributed by atoms with Gasteiger partial charge in [0.15, 0.2) is 0 Å². The van der Waals surface area contributed by atoms with Crippen molar-refractivity contribution in [3.05, 3.63) is 35.9 Å². The lowest BCUT2D eigenvalue weighted by Gasteiger charge is -2.22.